The average Bonchev–Trinajstić information content (AvgIpc) is 2.20. The summed E-state index contributed by atoms with van der Waals surface area (Å²) < 4.78 is 0. The first kappa shape index (κ1) is 11.1. The Morgan fingerprint density at radius 2 is 2.21 bits per heavy atom. The number of benzene rings is 1. The van der Waals surface area contributed by atoms with E-state index in [1.807, 2.05) is 18.2 Å². The molecule has 0 aliphatic rings. The first-order valence-electron chi connectivity index (χ1n) is 4.51. The Kier molecular flexibility index (Phi) is 4.51. The minimum Gasteiger partial charge on any atom is -0.315 e. The van der Waals surface area contributed by atoms with Gasteiger partial charge in [-0.3, -0.25) is 0 Å². The second-order valence-corrected chi connectivity index (χ2v) is 4.21. The Bertz CT molecular complexity index is 330. The Morgan fingerprint density at radius 3 is 2.86 bits per heavy atom. The van der Waals surface area contributed by atoms with Crippen molar-refractivity contribution in [3.05, 3.63) is 35.4 Å². The van der Waals surface area contributed by atoms with E-state index in [-0.39, 0.29) is 6.04 Å². The number of nitrogens with two attached hydrogens (primary N) is 1. The lowest BCUT2D eigenvalue weighted by atomic mass is 10.1. The lowest BCUT2D eigenvalue weighted by molar-refractivity contribution is 0.953. The standard InChI is InChI=1S/C11H14N2S/c1-9-4-2-3-5-10(9)7-14-8-11(13)6-12/h2-5,11H,7-8,13H2,1H3. The minimum absolute atomic E-state index is 0.344. The van der Waals surface area contributed by atoms with Gasteiger partial charge in [0.25, 0.3) is 0 Å². The van der Waals surface area contributed by atoms with Crippen molar-refractivity contribution >= 4 is 11.8 Å². The number of thioether (sulfide) groups is 1. The number of hydrogen-bond acceptors (Lipinski definition) is 3. The molecule has 74 valence electrons. The molecule has 0 amide bonds. The molecule has 0 aliphatic heterocycles. The van der Waals surface area contributed by atoms with Crippen molar-refractivity contribution in [2.24, 2.45) is 5.73 Å². The molecule has 0 fully saturated rings. The molecule has 0 aliphatic carbocycles. The van der Waals surface area contributed by atoms with Crippen LogP contribution in [0.25, 0.3) is 0 Å². The predicted molar refractivity (Wildman–Crippen MR) is 60.9 cm³/mol. The average molecular weight is 206 g/mol. The van der Waals surface area contributed by atoms with Crippen LogP contribution in [0.3, 0.4) is 0 Å². The summed E-state index contributed by atoms with van der Waals surface area (Å²) in [5, 5.41) is 8.50. The van der Waals surface area contributed by atoms with Gasteiger partial charge in [-0.1, -0.05) is 24.3 Å². The number of nitriles is 1. The summed E-state index contributed by atoms with van der Waals surface area (Å²) in [5.74, 6) is 1.63. The van der Waals surface area contributed by atoms with Crippen LogP contribution in [0.2, 0.25) is 0 Å². The second-order valence-electron chi connectivity index (χ2n) is 3.18. The molecule has 1 unspecified atom stereocenters. The molecule has 3 heteroatoms. The van der Waals surface area contributed by atoms with Crippen LogP contribution in [0.15, 0.2) is 24.3 Å². The van der Waals surface area contributed by atoms with Crippen molar-refractivity contribution < 1.29 is 0 Å². The maximum Gasteiger partial charge on any atom is 0.102 e. The molecule has 14 heavy (non-hydrogen) atoms. The summed E-state index contributed by atoms with van der Waals surface area (Å²) in [4.78, 5) is 0. The smallest absolute Gasteiger partial charge is 0.102 e. The van der Waals surface area contributed by atoms with Gasteiger partial charge in [-0.25, -0.2) is 0 Å². The fourth-order valence-corrected chi connectivity index (χ4v) is 2.10. The highest BCUT2D eigenvalue weighted by Gasteiger charge is 2.01. The van der Waals surface area contributed by atoms with E-state index < -0.39 is 0 Å². The van der Waals surface area contributed by atoms with Crippen LogP contribution in [-0.2, 0) is 5.75 Å². The molecule has 0 saturated heterocycles. The molecule has 0 radical (unpaired) electrons. The lowest BCUT2D eigenvalue weighted by Gasteiger charge is -2.05. The molecule has 2 N–H and O–H groups in total. The maximum absolute atomic E-state index is 8.50. The zero-order chi connectivity index (χ0) is 10.4. The van der Waals surface area contributed by atoms with E-state index in [0.29, 0.717) is 5.75 Å². The fraction of sp³-hybridized carbons (Fsp3) is 0.364. The van der Waals surface area contributed by atoms with Gasteiger partial charge in [-0.15, -0.1) is 0 Å². The minimum atomic E-state index is -0.344. The van der Waals surface area contributed by atoms with E-state index in [1.54, 1.807) is 11.8 Å². The zero-order valence-corrected chi connectivity index (χ0v) is 9.05. The zero-order valence-electron chi connectivity index (χ0n) is 8.23. The Labute approximate surface area is 89.1 Å². The van der Waals surface area contributed by atoms with Crippen LogP contribution in [0.4, 0.5) is 0 Å². The van der Waals surface area contributed by atoms with Crippen LogP contribution in [-0.4, -0.2) is 11.8 Å². The molecule has 0 spiro atoms. The fourth-order valence-electron chi connectivity index (χ4n) is 1.11. The van der Waals surface area contributed by atoms with E-state index in [2.05, 4.69) is 19.1 Å². The Hall–Kier alpha value is -0.980. The summed E-state index contributed by atoms with van der Waals surface area (Å²) in [6.07, 6.45) is 0. The number of nitrogens with zero attached hydrogens (tertiary/aromatic N) is 1. The highest BCUT2D eigenvalue weighted by atomic mass is 32.2. The van der Waals surface area contributed by atoms with Crippen LogP contribution < -0.4 is 5.73 Å². The molecule has 2 nitrogen and oxygen atoms in total. The lowest BCUT2D eigenvalue weighted by Crippen LogP contribution is -2.19. The van der Waals surface area contributed by atoms with Crippen molar-refractivity contribution in [2.75, 3.05) is 5.75 Å². The van der Waals surface area contributed by atoms with Crippen molar-refractivity contribution in [1.82, 2.24) is 0 Å². The topological polar surface area (TPSA) is 49.8 Å². The summed E-state index contributed by atoms with van der Waals surface area (Å²) >= 11 is 1.71. The molecule has 0 aromatic heterocycles. The second kappa shape index (κ2) is 5.69. The van der Waals surface area contributed by atoms with Gasteiger partial charge in [0.15, 0.2) is 0 Å². The third-order valence-corrected chi connectivity index (χ3v) is 3.09. The van der Waals surface area contributed by atoms with Gasteiger partial charge < -0.3 is 5.73 Å². The molecule has 0 saturated carbocycles. The van der Waals surface area contributed by atoms with Crippen LogP contribution in [0.1, 0.15) is 11.1 Å². The van der Waals surface area contributed by atoms with Crippen molar-refractivity contribution in [3.8, 4) is 6.07 Å². The molecule has 1 atom stereocenters. The van der Waals surface area contributed by atoms with E-state index in [0.717, 1.165) is 5.75 Å². The normalized spacial score (nSPS) is 12.1. The molecule has 1 rings (SSSR count). The van der Waals surface area contributed by atoms with Crippen LogP contribution >= 0.6 is 11.8 Å². The number of aryl methyl sites for hydroxylation is 1. The molecular formula is C11H14N2S. The van der Waals surface area contributed by atoms with Gasteiger partial charge in [0.2, 0.25) is 0 Å². The van der Waals surface area contributed by atoms with Gasteiger partial charge in [0, 0.05) is 11.5 Å². The summed E-state index contributed by atoms with van der Waals surface area (Å²) in [7, 11) is 0. The molecule has 1 aromatic rings. The Balaban J connectivity index is 2.40. The van der Waals surface area contributed by atoms with Crippen molar-refractivity contribution in [1.29, 1.82) is 5.26 Å². The van der Waals surface area contributed by atoms with Gasteiger partial charge in [-0.2, -0.15) is 17.0 Å². The van der Waals surface area contributed by atoms with E-state index in [9.17, 15) is 0 Å². The first-order chi connectivity index (χ1) is 6.74. The third kappa shape index (κ3) is 3.41. The molecular weight excluding hydrogens is 192 g/mol. The Morgan fingerprint density at radius 1 is 1.50 bits per heavy atom. The summed E-state index contributed by atoms with van der Waals surface area (Å²) in [6.45, 7) is 2.10. The van der Waals surface area contributed by atoms with E-state index in [4.69, 9.17) is 11.0 Å². The van der Waals surface area contributed by atoms with E-state index >= 15 is 0 Å². The quantitative estimate of drug-likeness (QED) is 0.820. The van der Waals surface area contributed by atoms with Crippen LogP contribution in [0, 0.1) is 18.3 Å². The third-order valence-electron chi connectivity index (χ3n) is 1.98. The maximum atomic E-state index is 8.50. The molecule has 0 heterocycles. The largest absolute Gasteiger partial charge is 0.315 e. The summed E-state index contributed by atoms with van der Waals surface area (Å²) in [5.41, 5.74) is 8.11. The monoisotopic (exact) mass is 206 g/mol. The van der Waals surface area contributed by atoms with Crippen molar-refractivity contribution in [2.45, 2.75) is 18.7 Å². The summed E-state index contributed by atoms with van der Waals surface area (Å²) in [6, 6.07) is 9.96. The van der Waals surface area contributed by atoms with Gasteiger partial charge in [0.05, 0.1) is 6.07 Å². The number of hydrogen-bond donors (Lipinski definition) is 1. The highest BCUT2D eigenvalue weighted by Crippen LogP contribution is 2.15. The first-order valence-corrected chi connectivity index (χ1v) is 5.67. The SMILES string of the molecule is Cc1ccccc1CSCC(N)C#N. The predicted octanol–water partition coefficient (Wildman–Crippen LogP) is 2.08. The number of rotatable bonds is 4. The van der Waals surface area contributed by atoms with Gasteiger partial charge >= 0.3 is 0 Å². The van der Waals surface area contributed by atoms with Gasteiger partial charge in [-0.05, 0) is 18.1 Å². The van der Waals surface area contributed by atoms with Crippen LogP contribution in [0.5, 0.6) is 0 Å². The molecule has 0 bridgehead atoms. The highest BCUT2D eigenvalue weighted by molar-refractivity contribution is 7.98. The molecule has 1 aromatic carbocycles. The van der Waals surface area contributed by atoms with E-state index in [1.165, 1.54) is 11.1 Å². The van der Waals surface area contributed by atoms with Crippen molar-refractivity contribution in [3.63, 3.8) is 0 Å². The van der Waals surface area contributed by atoms with Gasteiger partial charge in [0.1, 0.15) is 6.04 Å².